The minimum absolute atomic E-state index is 0.0165. The number of likely N-dealkylation sites (tertiary alicyclic amines) is 2. The van der Waals surface area contributed by atoms with Gasteiger partial charge in [-0.1, -0.05) is 6.07 Å². The molecule has 2 saturated heterocycles. The summed E-state index contributed by atoms with van der Waals surface area (Å²) < 4.78 is 60.3. The van der Waals surface area contributed by atoms with E-state index in [1.54, 1.807) is 18.2 Å². The molecular formula is C28H34F4N4O3. The molecule has 212 valence electrons. The maximum atomic E-state index is 14.9. The molecule has 2 fully saturated rings. The second-order valence-electron chi connectivity index (χ2n) is 11.0. The summed E-state index contributed by atoms with van der Waals surface area (Å²) in [6, 6.07) is 6.91. The first-order chi connectivity index (χ1) is 18.4. The third-order valence-corrected chi connectivity index (χ3v) is 7.65. The molecule has 0 spiro atoms. The fourth-order valence-electron chi connectivity index (χ4n) is 5.12. The van der Waals surface area contributed by atoms with Gasteiger partial charge < -0.3 is 20.3 Å². The quantitative estimate of drug-likeness (QED) is 0.483. The van der Waals surface area contributed by atoms with Gasteiger partial charge in [-0.15, -0.1) is 0 Å². The number of carbonyl (C=O) groups is 2. The predicted molar refractivity (Wildman–Crippen MR) is 137 cm³/mol. The van der Waals surface area contributed by atoms with Gasteiger partial charge in [0.15, 0.2) is 0 Å². The smallest absolute Gasteiger partial charge is 0.395 e. The van der Waals surface area contributed by atoms with E-state index in [9.17, 15) is 27.2 Å². The van der Waals surface area contributed by atoms with Crippen molar-refractivity contribution in [3.05, 3.63) is 47.9 Å². The van der Waals surface area contributed by atoms with Gasteiger partial charge in [0.2, 0.25) is 5.91 Å². The number of pyridine rings is 1. The summed E-state index contributed by atoms with van der Waals surface area (Å²) in [7, 11) is 0. The van der Waals surface area contributed by atoms with E-state index < -0.39 is 35.3 Å². The minimum atomic E-state index is -4.24. The van der Waals surface area contributed by atoms with E-state index in [4.69, 9.17) is 10.5 Å². The van der Waals surface area contributed by atoms with Crippen LogP contribution in [0.4, 0.5) is 17.6 Å². The van der Waals surface area contributed by atoms with Gasteiger partial charge in [-0.2, -0.15) is 13.2 Å². The van der Waals surface area contributed by atoms with Crippen LogP contribution in [0.5, 0.6) is 5.75 Å². The lowest BCUT2D eigenvalue weighted by Gasteiger charge is -2.38. The number of amides is 2. The predicted octanol–water partition coefficient (Wildman–Crippen LogP) is 4.66. The standard InChI is InChI=1S/C28H34F4N4O3/c1-27(2,28(30,31)32)17-35-12-9-18(10-13-35)16-39-20-6-8-23(34-15-20)19-5-7-21(22(29)14-19)26(38)36-11-3-4-24(36)25(33)37/h5-8,14-15,18,24H,3-4,9-13,16-17H2,1-2H3,(H2,33,37)/t24-/m0/s1. The molecule has 0 unspecified atom stereocenters. The molecule has 39 heavy (non-hydrogen) atoms. The van der Waals surface area contributed by atoms with Gasteiger partial charge >= 0.3 is 6.18 Å². The Kier molecular flexibility index (Phi) is 8.48. The van der Waals surface area contributed by atoms with Crippen LogP contribution in [-0.4, -0.2) is 71.6 Å². The normalized spacial score (nSPS) is 19.3. The number of benzene rings is 1. The Morgan fingerprint density at radius 2 is 1.79 bits per heavy atom. The number of nitrogens with zero attached hydrogens (tertiary/aromatic N) is 3. The lowest BCUT2D eigenvalue weighted by atomic mass is 9.89. The van der Waals surface area contributed by atoms with Crippen LogP contribution in [0, 0.1) is 17.2 Å². The first kappa shape index (κ1) is 28.8. The van der Waals surface area contributed by atoms with E-state index in [1.807, 2.05) is 4.90 Å². The van der Waals surface area contributed by atoms with E-state index in [-0.39, 0.29) is 18.0 Å². The second-order valence-corrected chi connectivity index (χ2v) is 11.0. The number of alkyl halides is 3. The summed E-state index contributed by atoms with van der Waals surface area (Å²) in [6.45, 7) is 4.42. The molecule has 2 amide bonds. The van der Waals surface area contributed by atoms with Crippen molar-refractivity contribution in [2.45, 2.75) is 51.7 Å². The number of halogens is 4. The molecule has 11 heteroatoms. The molecule has 0 aliphatic carbocycles. The molecule has 7 nitrogen and oxygen atoms in total. The molecule has 2 aliphatic rings. The maximum absolute atomic E-state index is 14.9. The number of rotatable bonds is 8. The fourth-order valence-corrected chi connectivity index (χ4v) is 5.12. The van der Waals surface area contributed by atoms with Crippen molar-refractivity contribution in [1.29, 1.82) is 0 Å². The van der Waals surface area contributed by atoms with Crippen molar-refractivity contribution in [3.63, 3.8) is 0 Å². The zero-order valence-corrected chi connectivity index (χ0v) is 22.1. The molecule has 1 aromatic carbocycles. The summed E-state index contributed by atoms with van der Waals surface area (Å²) in [5, 5.41) is 0. The highest BCUT2D eigenvalue weighted by molar-refractivity contribution is 5.98. The molecule has 2 aliphatic heterocycles. The zero-order valence-electron chi connectivity index (χ0n) is 22.1. The molecule has 2 aromatic rings. The average Bonchev–Trinajstić information content (AvgIpc) is 3.38. The van der Waals surface area contributed by atoms with Gasteiger partial charge in [0.25, 0.3) is 5.91 Å². The zero-order chi connectivity index (χ0) is 28.4. The molecule has 1 atom stereocenters. The Bertz CT molecular complexity index is 1180. The van der Waals surface area contributed by atoms with Crippen LogP contribution in [0.25, 0.3) is 11.3 Å². The van der Waals surface area contributed by atoms with Crippen LogP contribution in [-0.2, 0) is 4.79 Å². The van der Waals surface area contributed by atoms with Gasteiger partial charge in [-0.25, -0.2) is 4.39 Å². The van der Waals surface area contributed by atoms with E-state index in [1.165, 1.54) is 37.1 Å². The topological polar surface area (TPSA) is 88.8 Å². The van der Waals surface area contributed by atoms with Gasteiger partial charge in [-0.05, 0) is 82.8 Å². The van der Waals surface area contributed by atoms with Gasteiger partial charge in [-0.3, -0.25) is 14.6 Å². The van der Waals surface area contributed by atoms with Crippen LogP contribution in [0.2, 0.25) is 0 Å². The molecule has 0 bridgehead atoms. The number of piperidine rings is 1. The van der Waals surface area contributed by atoms with Crippen LogP contribution in [0.15, 0.2) is 36.5 Å². The van der Waals surface area contributed by atoms with E-state index >= 15 is 0 Å². The molecule has 2 N–H and O–H groups in total. The highest BCUT2D eigenvalue weighted by Crippen LogP contribution is 2.38. The Morgan fingerprint density at radius 1 is 1.08 bits per heavy atom. The van der Waals surface area contributed by atoms with Crippen LogP contribution < -0.4 is 10.5 Å². The van der Waals surface area contributed by atoms with Crippen molar-refractivity contribution >= 4 is 11.8 Å². The average molecular weight is 551 g/mol. The SMILES string of the molecule is CC(C)(CN1CCC(COc2ccc(-c3ccc(C(=O)N4CCC[C@H]4C(N)=O)c(F)c3)nc2)CC1)C(F)(F)F. The summed E-state index contributed by atoms with van der Waals surface area (Å²) >= 11 is 0. The summed E-state index contributed by atoms with van der Waals surface area (Å²) in [5.74, 6) is -1.09. The lowest BCUT2D eigenvalue weighted by Crippen LogP contribution is -2.46. The van der Waals surface area contributed by atoms with E-state index in [0.29, 0.717) is 56.1 Å². The Morgan fingerprint density at radius 3 is 2.38 bits per heavy atom. The first-order valence-electron chi connectivity index (χ1n) is 13.1. The maximum Gasteiger partial charge on any atom is 0.395 e. The highest BCUT2D eigenvalue weighted by atomic mass is 19.4. The summed E-state index contributed by atoms with van der Waals surface area (Å²) in [4.78, 5) is 31.9. The highest BCUT2D eigenvalue weighted by Gasteiger charge is 2.48. The number of aromatic nitrogens is 1. The molecular weight excluding hydrogens is 516 g/mol. The molecule has 4 rings (SSSR count). The minimum Gasteiger partial charge on any atom is -0.492 e. The van der Waals surface area contributed by atoms with E-state index in [2.05, 4.69) is 4.98 Å². The van der Waals surface area contributed by atoms with Crippen molar-refractivity contribution < 1.29 is 31.9 Å². The van der Waals surface area contributed by atoms with Gasteiger partial charge in [0.1, 0.15) is 17.6 Å². The van der Waals surface area contributed by atoms with Crippen molar-refractivity contribution in [2.24, 2.45) is 17.1 Å². The third kappa shape index (κ3) is 6.69. The largest absolute Gasteiger partial charge is 0.492 e. The van der Waals surface area contributed by atoms with Gasteiger partial charge in [0, 0.05) is 18.7 Å². The lowest BCUT2D eigenvalue weighted by molar-refractivity contribution is -0.217. The molecule has 0 radical (unpaired) electrons. The Labute approximate surface area is 225 Å². The Hall–Kier alpha value is -3.21. The van der Waals surface area contributed by atoms with Crippen LogP contribution in [0.3, 0.4) is 0 Å². The number of nitrogens with two attached hydrogens (primary N) is 1. The molecule has 1 aromatic heterocycles. The number of hydrogen-bond acceptors (Lipinski definition) is 5. The molecule has 0 saturated carbocycles. The fraction of sp³-hybridized carbons (Fsp3) is 0.536. The molecule has 3 heterocycles. The van der Waals surface area contributed by atoms with Crippen molar-refractivity contribution in [2.75, 3.05) is 32.8 Å². The number of carbonyl (C=O) groups excluding carboxylic acids is 2. The third-order valence-electron chi connectivity index (χ3n) is 7.65. The van der Waals surface area contributed by atoms with E-state index in [0.717, 1.165) is 12.8 Å². The van der Waals surface area contributed by atoms with Crippen molar-refractivity contribution in [1.82, 2.24) is 14.8 Å². The number of primary amides is 1. The first-order valence-corrected chi connectivity index (χ1v) is 13.1. The summed E-state index contributed by atoms with van der Waals surface area (Å²) in [6.07, 6.45) is -0.0893. The summed E-state index contributed by atoms with van der Waals surface area (Å²) in [5.41, 5.74) is 4.49. The second kappa shape index (κ2) is 11.5. The van der Waals surface area contributed by atoms with Crippen LogP contribution in [0.1, 0.15) is 49.9 Å². The van der Waals surface area contributed by atoms with Crippen molar-refractivity contribution in [3.8, 4) is 17.0 Å². The number of ether oxygens (including phenoxy) is 1. The van der Waals surface area contributed by atoms with Crippen LogP contribution >= 0.6 is 0 Å². The monoisotopic (exact) mass is 550 g/mol. The van der Waals surface area contributed by atoms with Gasteiger partial charge in [0.05, 0.1) is 29.5 Å². The number of hydrogen-bond donors (Lipinski definition) is 1. The Balaban J connectivity index is 1.29.